The molecule has 1 amide bonds. The van der Waals surface area contributed by atoms with Crippen LogP contribution in [0.3, 0.4) is 0 Å². The number of carbonyl (C=O) groups excluding carboxylic acids is 1. The maximum atomic E-state index is 12.1. The molecule has 1 atom stereocenters. The highest BCUT2D eigenvalue weighted by Crippen LogP contribution is 2.18. The van der Waals surface area contributed by atoms with Crippen LogP contribution in [0.5, 0.6) is 0 Å². The Kier molecular flexibility index (Phi) is 3.69. The molecule has 1 fully saturated rings. The fourth-order valence-electron chi connectivity index (χ4n) is 2.36. The van der Waals surface area contributed by atoms with E-state index in [0.717, 1.165) is 5.56 Å². The standard InChI is InChI=1S/C14H15N3O4S/c1-9-15-14(21-17-9)11-4-2-10(3-5-11)13(18)16-12-6-7-22(19,20)8-12/h2-5,12H,6-8H2,1H3,(H,16,18). The van der Waals surface area contributed by atoms with Crippen LogP contribution in [-0.2, 0) is 9.84 Å². The zero-order valence-electron chi connectivity index (χ0n) is 11.9. The van der Waals surface area contributed by atoms with Gasteiger partial charge in [0.05, 0.1) is 11.5 Å². The monoisotopic (exact) mass is 321 g/mol. The molecule has 1 aromatic heterocycles. The third-order valence-electron chi connectivity index (χ3n) is 3.49. The van der Waals surface area contributed by atoms with Crippen LogP contribution in [0, 0.1) is 6.92 Å². The number of sulfone groups is 1. The summed E-state index contributed by atoms with van der Waals surface area (Å²) >= 11 is 0. The fraction of sp³-hybridized carbons (Fsp3) is 0.357. The Hall–Kier alpha value is -2.22. The van der Waals surface area contributed by atoms with E-state index in [-0.39, 0.29) is 23.5 Å². The van der Waals surface area contributed by atoms with E-state index in [2.05, 4.69) is 15.5 Å². The van der Waals surface area contributed by atoms with Crippen molar-refractivity contribution in [3.63, 3.8) is 0 Å². The molecule has 0 radical (unpaired) electrons. The summed E-state index contributed by atoms with van der Waals surface area (Å²) in [4.78, 5) is 16.2. The summed E-state index contributed by atoms with van der Waals surface area (Å²) in [7, 11) is -3.01. The molecular weight excluding hydrogens is 306 g/mol. The molecular formula is C14H15N3O4S. The van der Waals surface area contributed by atoms with E-state index in [1.54, 1.807) is 31.2 Å². The fourth-order valence-corrected chi connectivity index (χ4v) is 4.03. The lowest BCUT2D eigenvalue weighted by Gasteiger charge is -2.10. The lowest BCUT2D eigenvalue weighted by Crippen LogP contribution is -2.35. The average Bonchev–Trinajstić information content (AvgIpc) is 3.05. The number of aryl methyl sites for hydroxylation is 1. The quantitative estimate of drug-likeness (QED) is 0.903. The molecule has 0 aliphatic carbocycles. The number of rotatable bonds is 3. The molecule has 0 spiro atoms. The average molecular weight is 321 g/mol. The third kappa shape index (κ3) is 3.16. The Morgan fingerprint density at radius 1 is 1.32 bits per heavy atom. The van der Waals surface area contributed by atoms with Crippen LogP contribution in [0.1, 0.15) is 22.6 Å². The van der Waals surface area contributed by atoms with Crippen molar-refractivity contribution in [1.29, 1.82) is 0 Å². The Morgan fingerprint density at radius 3 is 2.59 bits per heavy atom. The highest BCUT2D eigenvalue weighted by atomic mass is 32.2. The van der Waals surface area contributed by atoms with Crippen molar-refractivity contribution >= 4 is 15.7 Å². The summed E-state index contributed by atoms with van der Waals surface area (Å²) in [6.45, 7) is 1.73. The molecule has 2 heterocycles. The Balaban J connectivity index is 1.69. The summed E-state index contributed by atoms with van der Waals surface area (Å²) in [5, 5.41) is 6.45. The Bertz CT molecular complexity index is 796. The number of nitrogens with zero attached hydrogens (tertiary/aromatic N) is 2. The molecule has 1 aliphatic rings. The van der Waals surface area contributed by atoms with Crippen LogP contribution >= 0.6 is 0 Å². The molecule has 1 unspecified atom stereocenters. The molecule has 8 heteroatoms. The largest absolute Gasteiger partial charge is 0.348 e. The normalized spacial score (nSPS) is 20.0. The number of benzene rings is 1. The summed E-state index contributed by atoms with van der Waals surface area (Å²) in [6, 6.07) is 6.41. The second-order valence-electron chi connectivity index (χ2n) is 5.30. The molecule has 116 valence electrons. The van der Waals surface area contributed by atoms with Gasteiger partial charge in [0.1, 0.15) is 0 Å². The molecule has 1 aromatic carbocycles. The third-order valence-corrected chi connectivity index (χ3v) is 5.26. The van der Waals surface area contributed by atoms with Crippen LogP contribution in [0.4, 0.5) is 0 Å². The number of hydrogen-bond donors (Lipinski definition) is 1. The van der Waals surface area contributed by atoms with E-state index in [0.29, 0.717) is 23.7 Å². The highest BCUT2D eigenvalue weighted by molar-refractivity contribution is 7.91. The molecule has 7 nitrogen and oxygen atoms in total. The van der Waals surface area contributed by atoms with Gasteiger partial charge in [-0.05, 0) is 37.6 Å². The molecule has 1 N–H and O–H groups in total. The van der Waals surface area contributed by atoms with Gasteiger partial charge in [-0.2, -0.15) is 4.98 Å². The van der Waals surface area contributed by atoms with Crippen LogP contribution in [-0.4, -0.2) is 42.0 Å². The highest BCUT2D eigenvalue weighted by Gasteiger charge is 2.29. The van der Waals surface area contributed by atoms with Gasteiger partial charge >= 0.3 is 0 Å². The van der Waals surface area contributed by atoms with E-state index in [4.69, 9.17) is 4.52 Å². The Morgan fingerprint density at radius 2 is 2.05 bits per heavy atom. The van der Waals surface area contributed by atoms with E-state index >= 15 is 0 Å². The maximum absolute atomic E-state index is 12.1. The van der Waals surface area contributed by atoms with Crippen LogP contribution < -0.4 is 5.32 Å². The number of carbonyl (C=O) groups is 1. The summed E-state index contributed by atoms with van der Waals surface area (Å²) in [6.07, 6.45) is 0.466. The zero-order valence-corrected chi connectivity index (χ0v) is 12.8. The van der Waals surface area contributed by atoms with Gasteiger partial charge < -0.3 is 9.84 Å². The van der Waals surface area contributed by atoms with Gasteiger partial charge in [0.2, 0.25) is 0 Å². The zero-order chi connectivity index (χ0) is 15.7. The van der Waals surface area contributed by atoms with Crippen LogP contribution in [0.25, 0.3) is 11.5 Å². The first-order valence-corrected chi connectivity index (χ1v) is 8.67. The molecule has 22 heavy (non-hydrogen) atoms. The van der Waals surface area contributed by atoms with Crippen molar-refractivity contribution in [2.24, 2.45) is 0 Å². The lowest BCUT2D eigenvalue weighted by molar-refractivity contribution is 0.0941. The summed E-state index contributed by atoms with van der Waals surface area (Å²) in [5.74, 6) is 0.798. The smallest absolute Gasteiger partial charge is 0.257 e. The topological polar surface area (TPSA) is 102 Å². The first-order chi connectivity index (χ1) is 10.4. The van der Waals surface area contributed by atoms with Gasteiger partial charge in [-0.1, -0.05) is 5.16 Å². The molecule has 2 aromatic rings. The van der Waals surface area contributed by atoms with Crippen molar-refractivity contribution < 1.29 is 17.7 Å². The predicted octanol–water partition coefficient (Wildman–Crippen LogP) is 0.962. The van der Waals surface area contributed by atoms with Gasteiger partial charge in [-0.25, -0.2) is 8.42 Å². The van der Waals surface area contributed by atoms with Crippen LogP contribution in [0.15, 0.2) is 28.8 Å². The first-order valence-electron chi connectivity index (χ1n) is 6.85. The van der Waals surface area contributed by atoms with Crippen molar-refractivity contribution in [2.75, 3.05) is 11.5 Å². The molecule has 0 saturated carbocycles. The van der Waals surface area contributed by atoms with E-state index in [1.807, 2.05) is 0 Å². The second-order valence-corrected chi connectivity index (χ2v) is 7.53. The minimum atomic E-state index is -3.01. The van der Waals surface area contributed by atoms with E-state index in [1.165, 1.54) is 0 Å². The number of hydrogen-bond acceptors (Lipinski definition) is 6. The van der Waals surface area contributed by atoms with Gasteiger partial charge in [-0.15, -0.1) is 0 Å². The van der Waals surface area contributed by atoms with Gasteiger partial charge in [0.25, 0.3) is 11.8 Å². The number of aromatic nitrogens is 2. The van der Waals surface area contributed by atoms with Gasteiger partial charge in [0, 0.05) is 17.2 Å². The van der Waals surface area contributed by atoms with Crippen molar-refractivity contribution in [1.82, 2.24) is 15.5 Å². The summed E-state index contributed by atoms with van der Waals surface area (Å²) < 4.78 is 27.8. The molecule has 1 aliphatic heterocycles. The lowest BCUT2D eigenvalue weighted by atomic mass is 10.1. The number of amides is 1. The predicted molar refractivity (Wildman–Crippen MR) is 79.0 cm³/mol. The van der Waals surface area contributed by atoms with Crippen molar-refractivity contribution in [2.45, 2.75) is 19.4 Å². The van der Waals surface area contributed by atoms with E-state index < -0.39 is 9.84 Å². The molecule has 1 saturated heterocycles. The van der Waals surface area contributed by atoms with Crippen molar-refractivity contribution in [3.8, 4) is 11.5 Å². The van der Waals surface area contributed by atoms with Crippen LogP contribution in [0.2, 0.25) is 0 Å². The summed E-state index contributed by atoms with van der Waals surface area (Å²) in [5.41, 5.74) is 1.19. The second kappa shape index (κ2) is 5.53. The number of nitrogens with one attached hydrogen (secondary N) is 1. The Labute approximate surface area is 127 Å². The molecule has 0 bridgehead atoms. The first kappa shape index (κ1) is 14.7. The van der Waals surface area contributed by atoms with Gasteiger partial charge in [0.15, 0.2) is 15.7 Å². The van der Waals surface area contributed by atoms with Crippen molar-refractivity contribution in [3.05, 3.63) is 35.7 Å². The SMILES string of the molecule is Cc1noc(-c2ccc(C(=O)NC3CCS(=O)(=O)C3)cc2)n1. The minimum absolute atomic E-state index is 0.0120. The van der Waals surface area contributed by atoms with Gasteiger partial charge in [-0.3, -0.25) is 4.79 Å². The minimum Gasteiger partial charge on any atom is -0.348 e. The van der Waals surface area contributed by atoms with E-state index in [9.17, 15) is 13.2 Å². The molecule has 3 rings (SSSR count). The maximum Gasteiger partial charge on any atom is 0.257 e.